The highest BCUT2D eigenvalue weighted by Crippen LogP contribution is 2.34. The summed E-state index contributed by atoms with van der Waals surface area (Å²) < 4.78 is 7.68. The quantitative estimate of drug-likeness (QED) is 0.324. The molecule has 0 spiro atoms. The number of aryl methyl sites for hydroxylation is 1. The molecule has 0 saturated heterocycles. The molecular weight excluding hydrogens is 528 g/mol. The molecule has 0 bridgehead atoms. The third-order valence-corrected chi connectivity index (χ3v) is 7.28. The van der Waals surface area contributed by atoms with E-state index in [4.69, 9.17) is 16.3 Å². The number of aromatic nitrogens is 4. The molecule has 0 aliphatic carbocycles. The van der Waals surface area contributed by atoms with Gasteiger partial charge >= 0.3 is 0 Å². The number of halogens is 1. The number of benzene rings is 2. The lowest BCUT2D eigenvalue weighted by Crippen LogP contribution is -2.37. The molecule has 0 unspecified atom stereocenters. The molecule has 5 rings (SSSR count). The van der Waals surface area contributed by atoms with Crippen LogP contribution in [0.1, 0.15) is 11.1 Å². The van der Waals surface area contributed by atoms with Crippen LogP contribution in [-0.4, -0.2) is 76.1 Å². The number of nitrogens with one attached hydrogen (secondary N) is 2. The smallest absolute Gasteiger partial charge is 0.236 e. The molecule has 11 heteroatoms. The minimum Gasteiger partial charge on any atom is -0.495 e. The maximum absolute atomic E-state index is 12.2. The zero-order valence-electron chi connectivity index (χ0n) is 23.1. The van der Waals surface area contributed by atoms with E-state index in [9.17, 15) is 4.79 Å². The van der Waals surface area contributed by atoms with Crippen LogP contribution in [0.3, 0.4) is 0 Å². The molecule has 0 radical (unpaired) electrons. The summed E-state index contributed by atoms with van der Waals surface area (Å²) in [6.45, 7) is 2.04. The number of imidazole rings is 1. The van der Waals surface area contributed by atoms with Crippen LogP contribution in [0.5, 0.6) is 5.75 Å². The molecule has 1 aliphatic heterocycles. The van der Waals surface area contributed by atoms with Gasteiger partial charge in [-0.15, -0.1) is 0 Å². The monoisotopic (exact) mass is 560 g/mol. The van der Waals surface area contributed by atoms with Crippen molar-refractivity contribution in [3.05, 3.63) is 71.1 Å². The molecular formula is C29H33ClN8O2. The Morgan fingerprint density at radius 2 is 1.82 bits per heavy atom. The summed E-state index contributed by atoms with van der Waals surface area (Å²) in [5.74, 6) is 2.48. The Morgan fingerprint density at radius 3 is 2.52 bits per heavy atom. The van der Waals surface area contributed by atoms with E-state index in [1.54, 1.807) is 38.5 Å². The van der Waals surface area contributed by atoms with Gasteiger partial charge in [0, 0.05) is 52.2 Å². The third-order valence-electron chi connectivity index (χ3n) is 7.01. The highest BCUT2D eigenvalue weighted by atomic mass is 35.5. The summed E-state index contributed by atoms with van der Waals surface area (Å²) in [4.78, 5) is 29.6. The molecule has 0 atom stereocenters. The van der Waals surface area contributed by atoms with E-state index in [0.29, 0.717) is 29.1 Å². The van der Waals surface area contributed by atoms with Crippen molar-refractivity contribution < 1.29 is 9.53 Å². The van der Waals surface area contributed by atoms with Crippen molar-refractivity contribution in [2.75, 3.05) is 51.5 Å². The Bertz CT molecular complexity index is 1520. The Balaban J connectivity index is 1.37. The summed E-state index contributed by atoms with van der Waals surface area (Å²) in [6.07, 6.45) is 6.90. The van der Waals surface area contributed by atoms with Gasteiger partial charge in [0.05, 0.1) is 31.2 Å². The van der Waals surface area contributed by atoms with Crippen LogP contribution in [0.25, 0.3) is 11.4 Å². The number of carbonyl (C=O) groups is 1. The van der Waals surface area contributed by atoms with E-state index in [0.717, 1.165) is 48.7 Å². The van der Waals surface area contributed by atoms with Crippen LogP contribution in [0.4, 0.5) is 23.1 Å². The fourth-order valence-corrected chi connectivity index (χ4v) is 4.87. The largest absolute Gasteiger partial charge is 0.495 e. The topological polar surface area (TPSA) is 100 Å². The van der Waals surface area contributed by atoms with E-state index in [1.165, 1.54) is 11.1 Å². The van der Waals surface area contributed by atoms with Crippen molar-refractivity contribution in [3.63, 3.8) is 0 Å². The minimum absolute atomic E-state index is 0.109. The molecule has 0 fully saturated rings. The van der Waals surface area contributed by atoms with Gasteiger partial charge in [-0.05, 0) is 48.2 Å². The summed E-state index contributed by atoms with van der Waals surface area (Å²) in [7, 11) is 7.18. The van der Waals surface area contributed by atoms with E-state index in [-0.39, 0.29) is 5.91 Å². The standard InChI is InChI=1S/C29H33ClN8O2/c1-36(2)26(39)18-38-12-9-19-15-24(25(40-4)16-20(19)10-13-38)34-29-32-17-22(30)27(35-29)33-23-8-6-5-7-21(23)28-31-11-14-37(28)3/h5-8,11,14-17H,9-10,12-13,18H2,1-4H3,(H2,32,33,34,35). The Labute approximate surface area is 239 Å². The number of ether oxygens (including phenoxy) is 1. The number of likely N-dealkylation sites (N-methyl/N-ethyl adjacent to an activating group) is 1. The van der Waals surface area contributed by atoms with Crippen molar-refractivity contribution in [1.29, 1.82) is 0 Å². The Morgan fingerprint density at radius 1 is 1.07 bits per heavy atom. The predicted molar refractivity (Wildman–Crippen MR) is 158 cm³/mol. The van der Waals surface area contributed by atoms with Crippen molar-refractivity contribution in [2.45, 2.75) is 12.8 Å². The van der Waals surface area contributed by atoms with E-state index < -0.39 is 0 Å². The van der Waals surface area contributed by atoms with Gasteiger partial charge < -0.3 is 24.8 Å². The van der Waals surface area contributed by atoms with Gasteiger partial charge in [-0.3, -0.25) is 9.69 Å². The summed E-state index contributed by atoms with van der Waals surface area (Å²) >= 11 is 6.51. The number of fused-ring (bicyclic) bond motifs is 1. The fraction of sp³-hybridized carbons (Fsp3) is 0.310. The van der Waals surface area contributed by atoms with Crippen LogP contribution in [-0.2, 0) is 24.7 Å². The first-order valence-electron chi connectivity index (χ1n) is 13.1. The second-order valence-corrected chi connectivity index (χ2v) is 10.3. The number of amides is 1. The summed E-state index contributed by atoms with van der Waals surface area (Å²) in [5, 5.41) is 7.06. The molecule has 2 aromatic heterocycles. The lowest BCUT2D eigenvalue weighted by Gasteiger charge is -2.21. The Kier molecular flexibility index (Phi) is 8.18. The van der Waals surface area contributed by atoms with Gasteiger partial charge in [0.1, 0.15) is 16.6 Å². The summed E-state index contributed by atoms with van der Waals surface area (Å²) in [5.41, 5.74) is 4.93. The van der Waals surface area contributed by atoms with Crippen molar-refractivity contribution in [2.24, 2.45) is 7.05 Å². The molecule has 10 nitrogen and oxygen atoms in total. The number of para-hydroxylation sites is 1. The van der Waals surface area contributed by atoms with Crippen LogP contribution in [0.15, 0.2) is 55.0 Å². The third kappa shape index (κ3) is 6.03. The number of methoxy groups -OCH3 is 1. The zero-order valence-corrected chi connectivity index (χ0v) is 23.9. The van der Waals surface area contributed by atoms with Crippen LogP contribution < -0.4 is 15.4 Å². The van der Waals surface area contributed by atoms with Crippen molar-refractivity contribution in [3.8, 4) is 17.1 Å². The van der Waals surface area contributed by atoms with E-state index in [2.05, 4.69) is 42.6 Å². The number of hydrogen-bond donors (Lipinski definition) is 2. The maximum Gasteiger partial charge on any atom is 0.236 e. The zero-order chi connectivity index (χ0) is 28.2. The number of hydrogen-bond acceptors (Lipinski definition) is 8. The lowest BCUT2D eigenvalue weighted by atomic mass is 10.0. The minimum atomic E-state index is 0.109. The second-order valence-electron chi connectivity index (χ2n) is 9.93. The first kappa shape index (κ1) is 27.4. The maximum atomic E-state index is 12.2. The summed E-state index contributed by atoms with van der Waals surface area (Å²) in [6, 6.07) is 12.0. The average molecular weight is 561 g/mol. The molecule has 2 aromatic carbocycles. The first-order chi connectivity index (χ1) is 19.3. The number of rotatable bonds is 8. The van der Waals surface area contributed by atoms with Gasteiger partial charge in [0.2, 0.25) is 11.9 Å². The highest BCUT2D eigenvalue weighted by Gasteiger charge is 2.20. The van der Waals surface area contributed by atoms with Crippen molar-refractivity contribution >= 4 is 40.6 Å². The SMILES string of the molecule is COc1cc2c(cc1Nc1ncc(Cl)c(Nc3ccccc3-c3nccn3C)n1)CCN(CC(=O)N(C)C)CC2. The Hall–Kier alpha value is -4.15. The van der Waals surface area contributed by atoms with Gasteiger partial charge in [-0.25, -0.2) is 9.97 Å². The molecule has 4 aromatic rings. The highest BCUT2D eigenvalue weighted by molar-refractivity contribution is 6.33. The molecule has 3 heterocycles. The second kappa shape index (κ2) is 11.9. The predicted octanol–water partition coefficient (Wildman–Crippen LogP) is 4.52. The van der Waals surface area contributed by atoms with Crippen molar-refractivity contribution in [1.82, 2.24) is 29.3 Å². The first-order valence-corrected chi connectivity index (χ1v) is 13.5. The molecule has 0 saturated carbocycles. The molecule has 1 aliphatic rings. The molecule has 208 valence electrons. The molecule has 2 N–H and O–H groups in total. The van der Waals surface area contributed by atoms with Crippen LogP contribution in [0, 0.1) is 0 Å². The van der Waals surface area contributed by atoms with Gasteiger partial charge in [0.25, 0.3) is 0 Å². The van der Waals surface area contributed by atoms with Crippen LogP contribution >= 0.6 is 11.6 Å². The van der Waals surface area contributed by atoms with Crippen LogP contribution in [0.2, 0.25) is 5.02 Å². The van der Waals surface area contributed by atoms with Gasteiger partial charge in [-0.1, -0.05) is 23.7 Å². The molecule has 1 amide bonds. The average Bonchev–Trinajstić information content (AvgIpc) is 3.28. The lowest BCUT2D eigenvalue weighted by molar-refractivity contribution is -0.129. The normalized spacial score (nSPS) is 13.3. The van der Waals surface area contributed by atoms with Gasteiger partial charge in [0.15, 0.2) is 5.82 Å². The number of anilines is 4. The molecule has 40 heavy (non-hydrogen) atoms. The number of carbonyl (C=O) groups excluding carboxylic acids is 1. The number of nitrogens with zero attached hydrogens (tertiary/aromatic N) is 6. The van der Waals surface area contributed by atoms with E-state index in [1.807, 2.05) is 42.1 Å². The fourth-order valence-electron chi connectivity index (χ4n) is 4.73. The van der Waals surface area contributed by atoms with Gasteiger partial charge in [-0.2, -0.15) is 4.98 Å². The van der Waals surface area contributed by atoms with E-state index >= 15 is 0 Å².